The van der Waals surface area contributed by atoms with Gasteiger partial charge in [-0.25, -0.2) is 0 Å². The number of hydrogen-bond donors (Lipinski definition) is 0. The molecular formula is C17H20F2O. The van der Waals surface area contributed by atoms with Gasteiger partial charge in [0.1, 0.15) is 0 Å². The first-order valence-corrected chi connectivity index (χ1v) is 7.06. The van der Waals surface area contributed by atoms with Gasteiger partial charge in [0.05, 0.1) is 5.60 Å². The average molecular weight is 278 g/mol. The summed E-state index contributed by atoms with van der Waals surface area (Å²) in [6.07, 6.45) is 8.67. The summed E-state index contributed by atoms with van der Waals surface area (Å²) in [6.45, 7) is -0.684. The Kier molecular flexibility index (Phi) is 5.07. The van der Waals surface area contributed by atoms with Gasteiger partial charge in [-0.1, -0.05) is 68.3 Å². The lowest BCUT2D eigenvalue weighted by Crippen LogP contribution is -2.33. The van der Waals surface area contributed by atoms with Crippen LogP contribution in [0.1, 0.15) is 38.2 Å². The Morgan fingerprint density at radius 3 is 2.55 bits per heavy atom. The van der Waals surface area contributed by atoms with Crippen LogP contribution in [0.2, 0.25) is 0 Å². The van der Waals surface area contributed by atoms with Crippen molar-refractivity contribution in [2.24, 2.45) is 0 Å². The van der Waals surface area contributed by atoms with Gasteiger partial charge in [-0.2, -0.15) is 8.78 Å². The smallest absolute Gasteiger partial charge is 0.312 e. The minimum Gasteiger partial charge on any atom is -0.312 e. The summed E-state index contributed by atoms with van der Waals surface area (Å²) in [5.74, 6) is 0. The van der Waals surface area contributed by atoms with Gasteiger partial charge in [-0.05, 0) is 24.0 Å². The van der Waals surface area contributed by atoms with E-state index >= 15 is 0 Å². The van der Waals surface area contributed by atoms with Crippen LogP contribution in [-0.4, -0.2) is 12.2 Å². The minimum absolute atomic E-state index is 0.498. The fraction of sp³-hybridized carbons (Fsp3) is 0.412. The zero-order valence-electron chi connectivity index (χ0n) is 11.7. The molecule has 20 heavy (non-hydrogen) atoms. The summed E-state index contributed by atoms with van der Waals surface area (Å²) in [5, 5.41) is 0. The SMILES string of the molecule is CCCCC1(OC(F)F)C=CC(c2ccccc2)=CC1. The molecular weight excluding hydrogens is 258 g/mol. The Morgan fingerprint density at radius 2 is 2.00 bits per heavy atom. The molecule has 0 aliphatic heterocycles. The van der Waals surface area contributed by atoms with Crippen molar-refractivity contribution in [3.63, 3.8) is 0 Å². The van der Waals surface area contributed by atoms with Crippen molar-refractivity contribution < 1.29 is 13.5 Å². The molecule has 1 aromatic carbocycles. The third kappa shape index (κ3) is 3.76. The van der Waals surface area contributed by atoms with E-state index in [9.17, 15) is 8.78 Å². The van der Waals surface area contributed by atoms with E-state index in [0.717, 1.165) is 24.0 Å². The highest BCUT2D eigenvalue weighted by atomic mass is 19.3. The van der Waals surface area contributed by atoms with Crippen LogP contribution in [0.5, 0.6) is 0 Å². The highest BCUT2D eigenvalue weighted by Gasteiger charge is 2.32. The van der Waals surface area contributed by atoms with Crippen LogP contribution in [0.15, 0.2) is 48.6 Å². The molecule has 0 aromatic heterocycles. The standard InChI is InChI=1S/C17H20F2O/c1-2-3-11-17(20-16(18)19)12-9-15(10-13-17)14-7-5-4-6-8-14/h4-10,12,16H,2-3,11,13H2,1H3. The fourth-order valence-electron chi connectivity index (χ4n) is 2.49. The second kappa shape index (κ2) is 6.80. The molecule has 0 saturated carbocycles. The Morgan fingerprint density at radius 1 is 1.25 bits per heavy atom. The molecule has 0 N–H and O–H groups in total. The molecule has 0 saturated heterocycles. The molecule has 0 spiro atoms. The number of alkyl halides is 2. The Bertz CT molecular complexity index is 479. The molecule has 1 atom stereocenters. The molecule has 1 aliphatic carbocycles. The van der Waals surface area contributed by atoms with Crippen LogP contribution < -0.4 is 0 Å². The van der Waals surface area contributed by atoms with Crippen LogP contribution in [0, 0.1) is 0 Å². The number of ether oxygens (including phenoxy) is 1. The maximum absolute atomic E-state index is 12.6. The van der Waals surface area contributed by atoms with E-state index in [0.29, 0.717) is 12.8 Å². The molecule has 1 aromatic rings. The average Bonchev–Trinajstić information content (AvgIpc) is 2.46. The van der Waals surface area contributed by atoms with Gasteiger partial charge in [0.2, 0.25) is 0 Å². The highest BCUT2D eigenvalue weighted by molar-refractivity contribution is 5.75. The molecule has 0 radical (unpaired) electrons. The summed E-state index contributed by atoms with van der Waals surface area (Å²) >= 11 is 0. The maximum atomic E-state index is 12.6. The molecule has 0 fully saturated rings. The van der Waals surface area contributed by atoms with Gasteiger partial charge >= 0.3 is 6.61 Å². The number of benzene rings is 1. The predicted octanol–water partition coefficient (Wildman–Crippen LogP) is 5.20. The number of unbranched alkanes of at least 4 members (excludes halogenated alkanes) is 1. The second-order valence-electron chi connectivity index (χ2n) is 5.11. The molecule has 1 nitrogen and oxygen atoms in total. The summed E-state index contributed by atoms with van der Waals surface area (Å²) < 4.78 is 30.2. The van der Waals surface area contributed by atoms with Gasteiger partial charge in [-0.15, -0.1) is 0 Å². The van der Waals surface area contributed by atoms with Gasteiger partial charge in [0, 0.05) is 0 Å². The Hall–Kier alpha value is -1.48. The van der Waals surface area contributed by atoms with Crippen LogP contribution in [-0.2, 0) is 4.74 Å². The van der Waals surface area contributed by atoms with E-state index in [1.807, 2.05) is 49.4 Å². The predicted molar refractivity (Wildman–Crippen MR) is 77.5 cm³/mol. The first kappa shape index (κ1) is 14.9. The van der Waals surface area contributed by atoms with Crippen molar-refractivity contribution in [1.29, 1.82) is 0 Å². The van der Waals surface area contributed by atoms with Crippen molar-refractivity contribution in [3.8, 4) is 0 Å². The van der Waals surface area contributed by atoms with Gasteiger partial charge in [0.15, 0.2) is 0 Å². The lowest BCUT2D eigenvalue weighted by molar-refractivity contribution is -0.193. The zero-order chi connectivity index (χ0) is 14.4. The molecule has 1 unspecified atom stereocenters. The summed E-state index contributed by atoms with van der Waals surface area (Å²) in [4.78, 5) is 0. The van der Waals surface area contributed by atoms with E-state index in [4.69, 9.17) is 4.74 Å². The van der Waals surface area contributed by atoms with Crippen molar-refractivity contribution in [1.82, 2.24) is 0 Å². The largest absolute Gasteiger partial charge is 0.346 e. The van der Waals surface area contributed by atoms with E-state index in [-0.39, 0.29) is 0 Å². The van der Waals surface area contributed by atoms with Crippen LogP contribution >= 0.6 is 0 Å². The quantitative estimate of drug-likeness (QED) is 0.695. The van der Waals surface area contributed by atoms with E-state index in [2.05, 4.69) is 0 Å². The monoisotopic (exact) mass is 278 g/mol. The number of halogens is 2. The van der Waals surface area contributed by atoms with Crippen molar-refractivity contribution in [3.05, 3.63) is 54.1 Å². The zero-order valence-corrected chi connectivity index (χ0v) is 11.7. The van der Waals surface area contributed by atoms with Crippen molar-refractivity contribution in [2.75, 3.05) is 0 Å². The van der Waals surface area contributed by atoms with Gasteiger partial charge in [0.25, 0.3) is 0 Å². The summed E-state index contributed by atoms with van der Waals surface area (Å²) in [6, 6.07) is 9.94. The summed E-state index contributed by atoms with van der Waals surface area (Å²) in [5.41, 5.74) is 1.32. The lowest BCUT2D eigenvalue weighted by atomic mass is 9.85. The van der Waals surface area contributed by atoms with Crippen molar-refractivity contribution in [2.45, 2.75) is 44.8 Å². The molecule has 1 aliphatic rings. The Labute approximate surface area is 119 Å². The summed E-state index contributed by atoms with van der Waals surface area (Å²) in [7, 11) is 0. The fourth-order valence-corrected chi connectivity index (χ4v) is 2.49. The number of hydrogen-bond acceptors (Lipinski definition) is 1. The first-order valence-electron chi connectivity index (χ1n) is 7.06. The first-order chi connectivity index (χ1) is 9.65. The van der Waals surface area contributed by atoms with Crippen LogP contribution in [0.4, 0.5) is 8.78 Å². The topological polar surface area (TPSA) is 9.23 Å². The van der Waals surface area contributed by atoms with E-state index in [1.165, 1.54) is 0 Å². The third-order valence-corrected chi connectivity index (χ3v) is 3.62. The van der Waals surface area contributed by atoms with Crippen LogP contribution in [0.3, 0.4) is 0 Å². The number of rotatable bonds is 6. The molecule has 0 bridgehead atoms. The Balaban J connectivity index is 2.13. The van der Waals surface area contributed by atoms with E-state index in [1.54, 1.807) is 6.08 Å². The molecule has 108 valence electrons. The molecule has 0 amide bonds. The normalized spacial score (nSPS) is 22.1. The minimum atomic E-state index is -2.73. The lowest BCUT2D eigenvalue weighted by Gasteiger charge is -2.32. The molecule has 0 heterocycles. The van der Waals surface area contributed by atoms with Crippen LogP contribution in [0.25, 0.3) is 5.57 Å². The maximum Gasteiger partial charge on any atom is 0.346 e. The number of allylic oxidation sites excluding steroid dienone is 2. The highest BCUT2D eigenvalue weighted by Crippen LogP contribution is 2.34. The molecule has 2 rings (SSSR count). The van der Waals surface area contributed by atoms with E-state index < -0.39 is 12.2 Å². The van der Waals surface area contributed by atoms with Gasteiger partial charge < -0.3 is 4.74 Å². The second-order valence-corrected chi connectivity index (χ2v) is 5.11. The van der Waals surface area contributed by atoms with Gasteiger partial charge in [-0.3, -0.25) is 0 Å². The van der Waals surface area contributed by atoms with Crippen molar-refractivity contribution >= 4 is 5.57 Å². The molecule has 3 heteroatoms. The third-order valence-electron chi connectivity index (χ3n) is 3.62.